The van der Waals surface area contributed by atoms with Gasteiger partial charge < -0.3 is 11.5 Å². The number of rotatable bonds is 3. The number of thioether (sulfide) groups is 1. The average Bonchev–Trinajstić information content (AvgIpc) is 2.34. The van der Waals surface area contributed by atoms with Gasteiger partial charge in [-0.05, 0) is 18.4 Å². The molecule has 0 radical (unpaired) electrons. The number of amidine groups is 1. The van der Waals surface area contributed by atoms with Gasteiger partial charge in [-0.15, -0.1) is 10.2 Å². The summed E-state index contributed by atoms with van der Waals surface area (Å²) in [5, 5.41) is 8.08. The van der Waals surface area contributed by atoms with E-state index in [-0.39, 0.29) is 26.5 Å². The molecule has 0 spiro atoms. The molecule has 0 saturated heterocycles. The second-order valence-electron chi connectivity index (χ2n) is 3.20. The summed E-state index contributed by atoms with van der Waals surface area (Å²) in [5.74, 6) is -0.821. The highest BCUT2D eigenvalue weighted by Crippen LogP contribution is 2.30. The zero-order valence-corrected chi connectivity index (χ0v) is 12.7. The highest BCUT2D eigenvalue weighted by Gasteiger charge is 2.17. The molecule has 102 valence electrons. The number of halogens is 3. The third kappa shape index (κ3) is 4.28. The summed E-state index contributed by atoms with van der Waals surface area (Å²) in [4.78, 5) is 11.4. The number of hydrogen-bond acceptors (Lipinski definition) is 4. The minimum atomic E-state index is -0.821. The number of hydrogen-bond donors (Lipinski definition) is 2. The lowest BCUT2D eigenvalue weighted by atomic mass is 10.1. The van der Waals surface area contributed by atoms with E-state index >= 15 is 0 Å². The van der Waals surface area contributed by atoms with Crippen molar-refractivity contribution in [1.29, 1.82) is 0 Å². The Hall–Kier alpha value is -0.950. The molecule has 1 amide bonds. The van der Waals surface area contributed by atoms with Crippen LogP contribution in [0, 0.1) is 0 Å². The fourth-order valence-corrected chi connectivity index (χ4v) is 1.92. The normalized spacial score (nSPS) is 12.6. The lowest BCUT2D eigenvalue weighted by molar-refractivity contribution is -0.111. The molecule has 0 fully saturated rings. The molecule has 1 rings (SSSR count). The van der Waals surface area contributed by atoms with Crippen molar-refractivity contribution in [3.05, 3.63) is 32.8 Å². The third-order valence-electron chi connectivity index (χ3n) is 1.94. The van der Waals surface area contributed by atoms with Crippen molar-refractivity contribution in [2.75, 3.05) is 6.26 Å². The molecule has 0 saturated carbocycles. The molecule has 0 aliphatic heterocycles. The predicted octanol–water partition coefficient (Wildman–Crippen LogP) is 2.51. The number of primary amides is 1. The van der Waals surface area contributed by atoms with Crippen molar-refractivity contribution in [1.82, 2.24) is 0 Å². The molecule has 0 aromatic heterocycles. The van der Waals surface area contributed by atoms with Crippen molar-refractivity contribution in [2.45, 2.75) is 0 Å². The fourth-order valence-electron chi connectivity index (χ4n) is 1.10. The Bertz CT molecular complexity index is 574. The van der Waals surface area contributed by atoms with Crippen LogP contribution in [0.3, 0.4) is 0 Å². The molecule has 4 N–H and O–H groups in total. The number of benzene rings is 1. The van der Waals surface area contributed by atoms with E-state index in [4.69, 9.17) is 46.3 Å². The van der Waals surface area contributed by atoms with Gasteiger partial charge in [0.2, 0.25) is 0 Å². The minimum absolute atomic E-state index is 0.113. The summed E-state index contributed by atoms with van der Waals surface area (Å²) in [7, 11) is 0. The van der Waals surface area contributed by atoms with Gasteiger partial charge in [-0.3, -0.25) is 4.79 Å². The zero-order valence-electron chi connectivity index (χ0n) is 9.65. The van der Waals surface area contributed by atoms with Gasteiger partial charge in [-0.2, -0.15) is 0 Å². The molecular weight excluding hydrogens is 331 g/mol. The smallest absolute Gasteiger partial charge is 0.269 e. The van der Waals surface area contributed by atoms with Crippen LogP contribution in [-0.2, 0) is 4.79 Å². The van der Waals surface area contributed by atoms with Gasteiger partial charge in [-0.1, -0.05) is 46.6 Å². The lowest BCUT2D eigenvalue weighted by Gasteiger charge is -2.06. The van der Waals surface area contributed by atoms with Crippen molar-refractivity contribution in [3.63, 3.8) is 0 Å². The molecule has 1 aromatic rings. The Morgan fingerprint density at radius 1 is 1.21 bits per heavy atom. The summed E-state index contributed by atoms with van der Waals surface area (Å²) in [6.45, 7) is 0. The average molecular weight is 340 g/mol. The van der Waals surface area contributed by atoms with Gasteiger partial charge in [0.15, 0.2) is 10.9 Å². The summed E-state index contributed by atoms with van der Waals surface area (Å²) in [6.07, 6.45) is 1.71. The van der Waals surface area contributed by atoms with E-state index in [1.165, 1.54) is 23.9 Å². The SMILES string of the molecule is CS/C(N)=N/N=C(\C(N)=O)c1cc(Cl)cc(Cl)c1Cl. The van der Waals surface area contributed by atoms with Gasteiger partial charge in [0.05, 0.1) is 10.0 Å². The first-order chi connectivity index (χ1) is 8.86. The lowest BCUT2D eigenvalue weighted by Crippen LogP contribution is -2.24. The summed E-state index contributed by atoms with van der Waals surface area (Å²) in [6, 6.07) is 2.86. The second-order valence-corrected chi connectivity index (χ2v) is 5.25. The van der Waals surface area contributed by atoms with Gasteiger partial charge in [0, 0.05) is 10.6 Å². The molecule has 19 heavy (non-hydrogen) atoms. The molecule has 1 aromatic carbocycles. The Kier molecular flexibility index (Phi) is 5.93. The van der Waals surface area contributed by atoms with Crippen molar-refractivity contribution >= 4 is 63.4 Å². The zero-order chi connectivity index (χ0) is 14.6. The van der Waals surface area contributed by atoms with Crippen LogP contribution in [0.2, 0.25) is 15.1 Å². The number of carbonyl (C=O) groups is 1. The van der Waals surface area contributed by atoms with Gasteiger partial charge in [0.1, 0.15) is 0 Å². The first-order valence-electron chi connectivity index (χ1n) is 4.76. The fraction of sp³-hybridized carbons (Fsp3) is 0.100. The summed E-state index contributed by atoms with van der Waals surface area (Å²) < 4.78 is 0. The number of nitrogens with zero attached hydrogens (tertiary/aromatic N) is 2. The van der Waals surface area contributed by atoms with Crippen molar-refractivity contribution < 1.29 is 4.79 Å². The number of carbonyl (C=O) groups excluding carboxylic acids is 1. The largest absolute Gasteiger partial charge is 0.377 e. The molecule has 0 atom stereocenters. The maximum atomic E-state index is 11.4. The molecule has 0 aliphatic carbocycles. The monoisotopic (exact) mass is 338 g/mol. The number of amides is 1. The van der Waals surface area contributed by atoms with Crippen LogP contribution in [-0.4, -0.2) is 23.0 Å². The molecule has 0 bridgehead atoms. The first kappa shape index (κ1) is 16.1. The molecule has 5 nitrogen and oxygen atoms in total. The van der Waals surface area contributed by atoms with Gasteiger partial charge in [0.25, 0.3) is 5.91 Å². The molecular formula is C10H9Cl3N4OS. The highest BCUT2D eigenvalue weighted by atomic mass is 35.5. The van der Waals surface area contributed by atoms with Crippen LogP contribution < -0.4 is 11.5 Å². The number of nitrogens with two attached hydrogens (primary N) is 2. The summed E-state index contributed by atoms with van der Waals surface area (Å²) >= 11 is 18.9. The van der Waals surface area contributed by atoms with Crippen LogP contribution in [0.1, 0.15) is 5.56 Å². The van der Waals surface area contributed by atoms with Crippen LogP contribution >= 0.6 is 46.6 Å². The molecule has 0 unspecified atom stereocenters. The van der Waals surface area contributed by atoms with Crippen molar-refractivity contribution in [3.8, 4) is 0 Å². The van der Waals surface area contributed by atoms with Crippen LogP contribution in [0.25, 0.3) is 0 Å². The molecule has 0 heterocycles. The van der Waals surface area contributed by atoms with Gasteiger partial charge >= 0.3 is 0 Å². The van der Waals surface area contributed by atoms with Crippen LogP contribution in [0.4, 0.5) is 0 Å². The van der Waals surface area contributed by atoms with E-state index in [0.717, 1.165) is 0 Å². The van der Waals surface area contributed by atoms with E-state index < -0.39 is 5.91 Å². The van der Waals surface area contributed by atoms with Crippen LogP contribution in [0.15, 0.2) is 22.3 Å². The van der Waals surface area contributed by atoms with E-state index in [9.17, 15) is 4.79 Å². The Morgan fingerprint density at radius 3 is 2.37 bits per heavy atom. The standard InChI is InChI=1S/C10H9Cl3N4OS/c1-19-10(15)17-16-8(9(14)18)5-2-4(11)3-6(12)7(5)13/h2-3H,1H3,(H2,14,18)(H2,15,17)/b16-8-. The minimum Gasteiger partial charge on any atom is -0.377 e. The Labute approximate surface area is 129 Å². The van der Waals surface area contributed by atoms with E-state index in [1.54, 1.807) is 6.26 Å². The Balaban J connectivity index is 3.40. The van der Waals surface area contributed by atoms with E-state index in [2.05, 4.69) is 10.2 Å². The second kappa shape index (κ2) is 7.00. The maximum Gasteiger partial charge on any atom is 0.269 e. The van der Waals surface area contributed by atoms with Gasteiger partial charge in [-0.25, -0.2) is 0 Å². The van der Waals surface area contributed by atoms with Crippen molar-refractivity contribution in [2.24, 2.45) is 21.7 Å². The quantitative estimate of drug-likeness (QED) is 0.383. The van der Waals surface area contributed by atoms with E-state index in [1.807, 2.05) is 0 Å². The topological polar surface area (TPSA) is 93.8 Å². The summed E-state index contributed by atoms with van der Waals surface area (Å²) in [5.41, 5.74) is 10.7. The third-order valence-corrected chi connectivity index (χ3v) is 3.46. The first-order valence-corrected chi connectivity index (χ1v) is 7.12. The maximum absolute atomic E-state index is 11.4. The highest BCUT2D eigenvalue weighted by molar-refractivity contribution is 8.13. The Morgan fingerprint density at radius 2 is 1.84 bits per heavy atom. The molecule has 0 aliphatic rings. The van der Waals surface area contributed by atoms with Crippen LogP contribution in [0.5, 0.6) is 0 Å². The molecule has 9 heteroatoms. The van der Waals surface area contributed by atoms with E-state index in [0.29, 0.717) is 5.02 Å². The predicted molar refractivity (Wildman–Crippen MR) is 82.3 cm³/mol.